The number of aliphatic hydroxyl groups is 1. The van der Waals surface area contributed by atoms with Crippen LogP contribution in [0.4, 0.5) is 5.69 Å². The van der Waals surface area contributed by atoms with Gasteiger partial charge in [0.05, 0.1) is 11.8 Å². The number of ketones is 1. The summed E-state index contributed by atoms with van der Waals surface area (Å²) in [4.78, 5) is 28.3. The molecule has 1 amide bonds. The van der Waals surface area contributed by atoms with Crippen LogP contribution < -0.4 is 4.90 Å². The summed E-state index contributed by atoms with van der Waals surface area (Å²) >= 11 is 1.43. The van der Waals surface area contributed by atoms with Crippen LogP contribution in [0.3, 0.4) is 0 Å². The lowest BCUT2D eigenvalue weighted by molar-refractivity contribution is -0.117. The standard InChI is InChI=1S/C21H17NO4S/c1-12-7-8-14(13(2)11-12)22-18(16-6-4-10-27-16)17(20(24)21(22)25)19(23)15-5-3-9-26-15/h3-11,18,24H,1-2H3. The van der Waals surface area contributed by atoms with Gasteiger partial charge in [-0.05, 0) is 49.1 Å². The van der Waals surface area contributed by atoms with E-state index < -0.39 is 23.5 Å². The van der Waals surface area contributed by atoms with Gasteiger partial charge in [0.1, 0.15) is 6.04 Å². The van der Waals surface area contributed by atoms with E-state index >= 15 is 0 Å². The van der Waals surface area contributed by atoms with Gasteiger partial charge in [0.2, 0.25) is 5.78 Å². The average Bonchev–Trinajstić information content (AvgIpc) is 3.38. The molecular weight excluding hydrogens is 362 g/mol. The van der Waals surface area contributed by atoms with Crippen molar-refractivity contribution in [3.63, 3.8) is 0 Å². The van der Waals surface area contributed by atoms with Crippen LogP contribution in [0.5, 0.6) is 0 Å². The molecule has 1 aromatic carbocycles. The molecule has 27 heavy (non-hydrogen) atoms. The van der Waals surface area contributed by atoms with E-state index in [2.05, 4.69) is 0 Å². The maximum Gasteiger partial charge on any atom is 0.294 e. The number of thiophene rings is 1. The summed E-state index contributed by atoms with van der Waals surface area (Å²) in [7, 11) is 0. The Hall–Kier alpha value is -3.12. The molecule has 1 aliphatic heterocycles. The zero-order valence-electron chi connectivity index (χ0n) is 14.8. The predicted octanol–water partition coefficient (Wildman–Crippen LogP) is 4.74. The minimum Gasteiger partial charge on any atom is -0.503 e. The van der Waals surface area contributed by atoms with E-state index in [0.29, 0.717) is 5.69 Å². The number of carbonyl (C=O) groups excluding carboxylic acids is 2. The Morgan fingerprint density at radius 1 is 1.19 bits per heavy atom. The molecule has 0 aliphatic carbocycles. The molecule has 136 valence electrons. The molecule has 3 aromatic rings. The first-order chi connectivity index (χ1) is 13.0. The highest BCUT2D eigenvalue weighted by Gasteiger charge is 2.46. The molecule has 0 fully saturated rings. The van der Waals surface area contributed by atoms with Gasteiger partial charge in [-0.15, -0.1) is 11.3 Å². The normalized spacial score (nSPS) is 17.0. The number of anilines is 1. The first kappa shape index (κ1) is 17.3. The number of aryl methyl sites for hydroxylation is 2. The number of Topliss-reactive ketones (excluding diaryl/α,β-unsaturated/α-hetero) is 1. The Balaban J connectivity index is 1.89. The number of hydrogen-bond donors (Lipinski definition) is 1. The molecular formula is C21H17NO4S. The zero-order valence-corrected chi connectivity index (χ0v) is 15.6. The minimum atomic E-state index is -0.698. The second kappa shape index (κ2) is 6.55. The molecule has 4 rings (SSSR count). The van der Waals surface area contributed by atoms with Crippen molar-refractivity contribution < 1.29 is 19.1 Å². The van der Waals surface area contributed by atoms with Crippen LogP contribution in [0.2, 0.25) is 0 Å². The number of nitrogens with zero attached hydrogens (tertiary/aromatic N) is 1. The molecule has 1 aliphatic rings. The summed E-state index contributed by atoms with van der Waals surface area (Å²) in [5, 5.41) is 12.5. The third-order valence-electron chi connectivity index (χ3n) is 4.62. The molecule has 5 nitrogen and oxygen atoms in total. The van der Waals surface area contributed by atoms with Crippen molar-refractivity contribution in [2.45, 2.75) is 19.9 Å². The molecule has 1 unspecified atom stereocenters. The summed E-state index contributed by atoms with van der Waals surface area (Å²) in [5.74, 6) is -1.52. The maximum absolute atomic E-state index is 13.0. The Kier molecular flexibility index (Phi) is 4.20. The molecule has 0 saturated heterocycles. The van der Waals surface area contributed by atoms with Crippen LogP contribution in [0, 0.1) is 13.8 Å². The molecule has 0 spiro atoms. The fraction of sp³-hybridized carbons (Fsp3) is 0.143. The van der Waals surface area contributed by atoms with Crippen LogP contribution in [-0.4, -0.2) is 16.8 Å². The molecule has 6 heteroatoms. The van der Waals surface area contributed by atoms with Gasteiger partial charge in [0.15, 0.2) is 11.5 Å². The highest BCUT2D eigenvalue weighted by molar-refractivity contribution is 7.10. The fourth-order valence-electron chi connectivity index (χ4n) is 3.42. The number of hydrogen-bond acceptors (Lipinski definition) is 5. The van der Waals surface area contributed by atoms with Gasteiger partial charge in [0, 0.05) is 10.6 Å². The Morgan fingerprint density at radius 2 is 2.00 bits per heavy atom. The Bertz CT molecular complexity index is 1050. The van der Waals surface area contributed by atoms with Crippen LogP contribution in [0.15, 0.2) is 69.9 Å². The first-order valence-corrected chi connectivity index (χ1v) is 9.32. The van der Waals surface area contributed by atoms with E-state index in [1.807, 2.05) is 49.6 Å². The van der Waals surface area contributed by atoms with E-state index in [1.54, 1.807) is 6.07 Å². The highest BCUT2D eigenvalue weighted by atomic mass is 32.1. The van der Waals surface area contributed by atoms with Crippen LogP contribution in [0.1, 0.15) is 32.6 Å². The van der Waals surface area contributed by atoms with Crippen molar-refractivity contribution in [1.29, 1.82) is 0 Å². The van der Waals surface area contributed by atoms with Crippen molar-refractivity contribution in [2.75, 3.05) is 4.90 Å². The molecule has 3 heterocycles. The minimum absolute atomic E-state index is 0.0392. The van der Waals surface area contributed by atoms with E-state index in [9.17, 15) is 14.7 Å². The Morgan fingerprint density at radius 3 is 2.63 bits per heavy atom. The molecule has 1 atom stereocenters. The van der Waals surface area contributed by atoms with Crippen LogP contribution in [0.25, 0.3) is 0 Å². The van der Waals surface area contributed by atoms with Crippen LogP contribution >= 0.6 is 11.3 Å². The maximum atomic E-state index is 13.0. The third-order valence-corrected chi connectivity index (χ3v) is 5.55. The summed E-state index contributed by atoms with van der Waals surface area (Å²) in [6.45, 7) is 3.88. The van der Waals surface area contributed by atoms with E-state index in [-0.39, 0.29) is 11.3 Å². The van der Waals surface area contributed by atoms with Crippen molar-refractivity contribution in [1.82, 2.24) is 0 Å². The summed E-state index contributed by atoms with van der Waals surface area (Å²) in [6, 6.07) is 11.9. The number of aliphatic hydroxyl groups excluding tert-OH is 1. The van der Waals surface area contributed by atoms with Crippen LogP contribution in [-0.2, 0) is 4.79 Å². The Labute approximate surface area is 160 Å². The number of carbonyl (C=O) groups is 2. The van der Waals surface area contributed by atoms with E-state index in [4.69, 9.17) is 4.42 Å². The van der Waals surface area contributed by atoms with E-state index in [0.717, 1.165) is 16.0 Å². The summed E-state index contributed by atoms with van der Waals surface area (Å²) in [5.41, 5.74) is 2.67. The first-order valence-electron chi connectivity index (χ1n) is 8.44. The van der Waals surface area contributed by atoms with E-state index in [1.165, 1.54) is 28.6 Å². The number of amides is 1. The van der Waals surface area contributed by atoms with Gasteiger partial charge in [-0.25, -0.2) is 0 Å². The predicted molar refractivity (Wildman–Crippen MR) is 103 cm³/mol. The van der Waals surface area contributed by atoms with Gasteiger partial charge in [-0.2, -0.15) is 0 Å². The second-order valence-electron chi connectivity index (χ2n) is 6.45. The van der Waals surface area contributed by atoms with Crippen molar-refractivity contribution in [2.24, 2.45) is 0 Å². The number of rotatable bonds is 4. The van der Waals surface area contributed by atoms with Gasteiger partial charge >= 0.3 is 0 Å². The molecule has 2 aromatic heterocycles. The lowest BCUT2D eigenvalue weighted by Gasteiger charge is -2.27. The number of benzene rings is 1. The topological polar surface area (TPSA) is 70.8 Å². The zero-order chi connectivity index (χ0) is 19.1. The number of furan rings is 1. The monoisotopic (exact) mass is 379 g/mol. The quantitative estimate of drug-likeness (QED) is 0.665. The molecule has 1 N–H and O–H groups in total. The molecule has 0 saturated carbocycles. The van der Waals surface area contributed by atoms with Crippen molar-refractivity contribution in [3.05, 3.63) is 87.2 Å². The fourth-order valence-corrected chi connectivity index (χ4v) is 4.24. The third kappa shape index (κ3) is 2.78. The highest BCUT2D eigenvalue weighted by Crippen LogP contribution is 2.44. The van der Waals surface area contributed by atoms with Gasteiger partial charge in [-0.1, -0.05) is 23.8 Å². The smallest absolute Gasteiger partial charge is 0.294 e. The lowest BCUT2D eigenvalue weighted by Crippen LogP contribution is -2.31. The molecule has 0 bridgehead atoms. The SMILES string of the molecule is Cc1ccc(N2C(=O)C(O)=C(C(=O)c3ccco3)C2c2cccs2)c(C)c1. The lowest BCUT2D eigenvalue weighted by atomic mass is 9.99. The summed E-state index contributed by atoms with van der Waals surface area (Å²) < 4.78 is 5.22. The largest absolute Gasteiger partial charge is 0.503 e. The van der Waals surface area contributed by atoms with Gasteiger partial charge in [0.25, 0.3) is 5.91 Å². The second-order valence-corrected chi connectivity index (χ2v) is 7.43. The van der Waals surface area contributed by atoms with Crippen molar-refractivity contribution in [3.8, 4) is 0 Å². The van der Waals surface area contributed by atoms with Crippen molar-refractivity contribution >= 4 is 28.7 Å². The van der Waals surface area contributed by atoms with Gasteiger partial charge in [-0.3, -0.25) is 14.5 Å². The van der Waals surface area contributed by atoms with Gasteiger partial charge < -0.3 is 9.52 Å². The molecule has 0 radical (unpaired) electrons. The summed E-state index contributed by atoms with van der Waals surface area (Å²) in [6.07, 6.45) is 1.39. The average molecular weight is 379 g/mol.